The Bertz CT molecular complexity index is 997. The zero-order chi connectivity index (χ0) is 20.1. The third-order valence-electron chi connectivity index (χ3n) is 3.63. The van der Waals surface area contributed by atoms with Crippen molar-refractivity contribution in [2.24, 2.45) is 0 Å². The largest absolute Gasteiger partial charge is 0.462 e. The molecule has 0 saturated heterocycles. The van der Waals surface area contributed by atoms with Gasteiger partial charge in [0.05, 0.1) is 17.9 Å². The molecule has 28 heavy (non-hydrogen) atoms. The highest BCUT2D eigenvalue weighted by Gasteiger charge is 2.14. The molecule has 0 atom stereocenters. The van der Waals surface area contributed by atoms with Crippen LogP contribution in [0.2, 0.25) is 0 Å². The number of carbonyl (C=O) groups excluding carboxylic acids is 1. The Balaban J connectivity index is 1.73. The molecule has 0 unspecified atom stereocenters. The highest BCUT2D eigenvalue weighted by Crippen LogP contribution is 2.24. The molecule has 3 aromatic rings. The molecule has 6 nitrogen and oxygen atoms in total. The number of hydrogen-bond donors (Lipinski definition) is 2. The molecule has 3 rings (SSSR count). The molecule has 1 heterocycles. The van der Waals surface area contributed by atoms with Crippen molar-refractivity contribution < 1.29 is 22.7 Å². The summed E-state index contributed by atoms with van der Waals surface area (Å²) < 4.78 is 45.0. The van der Waals surface area contributed by atoms with Gasteiger partial charge in [-0.05, 0) is 43.3 Å². The Morgan fingerprint density at radius 1 is 0.964 bits per heavy atom. The van der Waals surface area contributed by atoms with Crippen LogP contribution in [-0.2, 0) is 4.74 Å². The van der Waals surface area contributed by atoms with Gasteiger partial charge in [-0.3, -0.25) is 0 Å². The van der Waals surface area contributed by atoms with Gasteiger partial charge in [-0.2, -0.15) is 0 Å². The molecule has 0 spiro atoms. The van der Waals surface area contributed by atoms with Crippen LogP contribution in [0.4, 0.5) is 36.2 Å². The minimum Gasteiger partial charge on any atom is -0.462 e. The molecule has 0 saturated carbocycles. The van der Waals surface area contributed by atoms with Crippen LogP contribution in [0.3, 0.4) is 0 Å². The zero-order valence-electron chi connectivity index (χ0n) is 14.7. The number of aromatic nitrogens is 2. The molecule has 0 aliphatic carbocycles. The first-order valence-electron chi connectivity index (χ1n) is 8.24. The molecule has 0 radical (unpaired) electrons. The number of halogens is 3. The molecule has 2 N–H and O–H groups in total. The maximum absolute atomic E-state index is 13.8. The van der Waals surface area contributed by atoms with Gasteiger partial charge in [0.15, 0.2) is 17.5 Å². The lowest BCUT2D eigenvalue weighted by Gasteiger charge is -2.10. The number of nitrogens with one attached hydrogen (secondary N) is 2. The third kappa shape index (κ3) is 4.37. The molecule has 2 aromatic carbocycles. The average Bonchev–Trinajstić information content (AvgIpc) is 2.69. The Hall–Kier alpha value is -3.62. The molecular formula is C19H15F3N4O2. The molecule has 0 bridgehead atoms. The monoisotopic (exact) mass is 388 g/mol. The van der Waals surface area contributed by atoms with E-state index in [1.54, 1.807) is 31.2 Å². The lowest BCUT2D eigenvalue weighted by atomic mass is 10.2. The number of nitrogens with zero attached hydrogens (tertiary/aromatic N) is 2. The van der Waals surface area contributed by atoms with Crippen LogP contribution in [0.15, 0.2) is 48.8 Å². The summed E-state index contributed by atoms with van der Waals surface area (Å²) in [6.45, 7) is 2.01. The zero-order valence-corrected chi connectivity index (χ0v) is 14.7. The van der Waals surface area contributed by atoms with Crippen molar-refractivity contribution in [2.45, 2.75) is 6.92 Å². The molecule has 9 heteroatoms. The predicted molar refractivity (Wildman–Crippen MR) is 97.3 cm³/mol. The fourth-order valence-corrected chi connectivity index (χ4v) is 2.31. The summed E-state index contributed by atoms with van der Waals surface area (Å²) in [6, 6.07) is 9.85. The van der Waals surface area contributed by atoms with E-state index in [1.807, 2.05) is 0 Å². The first kappa shape index (κ1) is 19.2. The number of rotatable bonds is 6. The van der Waals surface area contributed by atoms with Gasteiger partial charge in [0.25, 0.3) is 0 Å². The van der Waals surface area contributed by atoms with Gasteiger partial charge in [-0.25, -0.2) is 27.9 Å². The third-order valence-corrected chi connectivity index (χ3v) is 3.63. The van der Waals surface area contributed by atoms with Crippen molar-refractivity contribution in [3.05, 3.63) is 71.8 Å². The smallest absolute Gasteiger partial charge is 0.338 e. The first-order valence-corrected chi connectivity index (χ1v) is 8.24. The van der Waals surface area contributed by atoms with Gasteiger partial charge in [0.1, 0.15) is 18.0 Å². The molecule has 144 valence electrons. The number of hydrogen-bond acceptors (Lipinski definition) is 6. The maximum Gasteiger partial charge on any atom is 0.338 e. The van der Waals surface area contributed by atoms with Crippen molar-refractivity contribution >= 4 is 29.0 Å². The Labute approximate surface area is 158 Å². The van der Waals surface area contributed by atoms with E-state index in [9.17, 15) is 18.0 Å². The standard InChI is InChI=1S/C19H15F3N4O2/c1-2-28-19(27)11-3-5-12(6-4-11)25-15-9-16(24-10-23-15)26-14-8-7-13(20)17(21)18(14)22/h3-10H,2H2,1H3,(H2,23,24,25,26). The fourth-order valence-electron chi connectivity index (χ4n) is 2.31. The maximum atomic E-state index is 13.8. The van der Waals surface area contributed by atoms with Crippen molar-refractivity contribution in [1.82, 2.24) is 9.97 Å². The summed E-state index contributed by atoms with van der Waals surface area (Å²) in [7, 11) is 0. The molecule has 0 fully saturated rings. The average molecular weight is 388 g/mol. The Kier molecular flexibility index (Phi) is 5.73. The summed E-state index contributed by atoms with van der Waals surface area (Å²) in [5, 5.41) is 5.56. The Morgan fingerprint density at radius 3 is 2.32 bits per heavy atom. The second kappa shape index (κ2) is 8.38. The van der Waals surface area contributed by atoms with Crippen LogP contribution in [0.1, 0.15) is 17.3 Å². The van der Waals surface area contributed by atoms with Crippen molar-refractivity contribution in [3.8, 4) is 0 Å². The summed E-state index contributed by atoms with van der Waals surface area (Å²) >= 11 is 0. The van der Waals surface area contributed by atoms with Gasteiger partial charge in [-0.1, -0.05) is 0 Å². The van der Waals surface area contributed by atoms with Crippen LogP contribution in [0, 0.1) is 17.5 Å². The highest BCUT2D eigenvalue weighted by molar-refractivity contribution is 5.89. The minimum absolute atomic E-state index is 0.172. The summed E-state index contributed by atoms with van der Waals surface area (Å²) in [5.74, 6) is -4.08. The second-order valence-corrected chi connectivity index (χ2v) is 5.56. The van der Waals surface area contributed by atoms with E-state index >= 15 is 0 Å². The van der Waals surface area contributed by atoms with Crippen LogP contribution >= 0.6 is 0 Å². The van der Waals surface area contributed by atoms with Crippen molar-refractivity contribution in [2.75, 3.05) is 17.2 Å². The summed E-state index contributed by atoms with van der Waals surface area (Å²) in [4.78, 5) is 19.6. The van der Waals surface area contributed by atoms with Gasteiger partial charge >= 0.3 is 5.97 Å². The normalized spacial score (nSPS) is 10.4. The van der Waals surface area contributed by atoms with E-state index in [-0.39, 0.29) is 18.1 Å². The second-order valence-electron chi connectivity index (χ2n) is 5.56. The molecule has 0 amide bonds. The number of esters is 1. The SMILES string of the molecule is CCOC(=O)c1ccc(Nc2cc(Nc3ccc(F)c(F)c3F)ncn2)cc1. The summed E-state index contributed by atoms with van der Waals surface area (Å²) in [5.41, 5.74) is 0.783. The number of carbonyl (C=O) groups is 1. The van der Waals surface area contributed by atoms with E-state index in [1.165, 1.54) is 12.4 Å². The van der Waals surface area contributed by atoms with Gasteiger partial charge in [0, 0.05) is 11.8 Å². The van der Waals surface area contributed by atoms with Crippen LogP contribution in [0.25, 0.3) is 0 Å². The first-order chi connectivity index (χ1) is 13.5. The minimum atomic E-state index is -1.57. The Morgan fingerprint density at radius 2 is 1.64 bits per heavy atom. The fraction of sp³-hybridized carbons (Fsp3) is 0.105. The predicted octanol–water partition coefficient (Wildman–Crippen LogP) is 4.56. The van der Waals surface area contributed by atoms with Gasteiger partial charge in [0.2, 0.25) is 0 Å². The van der Waals surface area contributed by atoms with E-state index in [0.29, 0.717) is 17.1 Å². The molecule has 0 aliphatic heterocycles. The van der Waals surface area contributed by atoms with E-state index in [0.717, 1.165) is 12.1 Å². The quantitative estimate of drug-likeness (QED) is 0.476. The molecule has 1 aromatic heterocycles. The number of ether oxygens (including phenoxy) is 1. The van der Waals surface area contributed by atoms with E-state index in [4.69, 9.17) is 4.74 Å². The highest BCUT2D eigenvalue weighted by atomic mass is 19.2. The number of anilines is 4. The van der Waals surface area contributed by atoms with Crippen molar-refractivity contribution in [1.29, 1.82) is 0 Å². The van der Waals surface area contributed by atoms with Crippen molar-refractivity contribution in [3.63, 3.8) is 0 Å². The number of benzene rings is 2. The topological polar surface area (TPSA) is 76.1 Å². The van der Waals surface area contributed by atoms with Crippen LogP contribution in [-0.4, -0.2) is 22.5 Å². The molecular weight excluding hydrogens is 373 g/mol. The molecule has 0 aliphatic rings. The van der Waals surface area contributed by atoms with Gasteiger partial charge in [-0.15, -0.1) is 0 Å². The van der Waals surface area contributed by atoms with Crippen LogP contribution < -0.4 is 10.6 Å². The van der Waals surface area contributed by atoms with E-state index in [2.05, 4.69) is 20.6 Å². The van der Waals surface area contributed by atoms with Gasteiger partial charge < -0.3 is 15.4 Å². The lowest BCUT2D eigenvalue weighted by Crippen LogP contribution is -2.04. The van der Waals surface area contributed by atoms with Crippen LogP contribution in [0.5, 0.6) is 0 Å². The van der Waals surface area contributed by atoms with E-state index < -0.39 is 23.4 Å². The summed E-state index contributed by atoms with van der Waals surface area (Å²) in [6.07, 6.45) is 1.22. The lowest BCUT2D eigenvalue weighted by molar-refractivity contribution is 0.0526.